The van der Waals surface area contributed by atoms with E-state index in [1.807, 2.05) is 50.2 Å². The summed E-state index contributed by atoms with van der Waals surface area (Å²) in [6, 6.07) is 12.8. The molecule has 0 aliphatic rings. The number of benzene rings is 2. The molecule has 0 amide bonds. The van der Waals surface area contributed by atoms with Crippen LogP contribution in [0.25, 0.3) is 11.6 Å². The largest absolute Gasteiger partial charge is 0.496 e. The number of aliphatic carboxylic acids is 1. The summed E-state index contributed by atoms with van der Waals surface area (Å²) < 4.78 is 10.8. The highest BCUT2D eigenvalue weighted by atomic mass is 16.5. The molecule has 2 aromatic rings. The fraction of sp³-hybridized carbons (Fsp3) is 0.211. The Bertz CT molecular complexity index is 732. The lowest BCUT2D eigenvalue weighted by molar-refractivity contribution is -0.130. The number of hydrogen-bond acceptors (Lipinski definition) is 3. The van der Waals surface area contributed by atoms with Crippen molar-refractivity contribution in [2.45, 2.75) is 13.8 Å². The topological polar surface area (TPSA) is 55.8 Å². The Balaban J connectivity index is 2.52. The van der Waals surface area contributed by atoms with Gasteiger partial charge < -0.3 is 14.6 Å². The molecule has 0 aromatic heterocycles. The summed E-state index contributed by atoms with van der Waals surface area (Å²) in [4.78, 5) is 11.7. The Morgan fingerprint density at radius 3 is 2.65 bits per heavy atom. The van der Waals surface area contributed by atoms with Gasteiger partial charge in [0.25, 0.3) is 0 Å². The molecule has 2 rings (SSSR count). The first kappa shape index (κ1) is 16.6. The van der Waals surface area contributed by atoms with E-state index in [-0.39, 0.29) is 5.57 Å². The molecule has 120 valence electrons. The molecule has 0 unspecified atom stereocenters. The standard InChI is InChI=1S/C19H20O4/c1-4-23-15-7-5-6-14(11-15)12-17(19(20)21)16-10-13(2)8-9-18(16)22-3/h5-12H,4H2,1-3H3,(H,20,21)/b17-12-. The second-order valence-electron chi connectivity index (χ2n) is 5.07. The molecule has 0 atom stereocenters. The average molecular weight is 312 g/mol. The zero-order valence-electron chi connectivity index (χ0n) is 13.5. The van der Waals surface area contributed by atoms with Gasteiger partial charge >= 0.3 is 5.97 Å². The van der Waals surface area contributed by atoms with Gasteiger partial charge in [0, 0.05) is 5.56 Å². The number of hydrogen-bond donors (Lipinski definition) is 1. The van der Waals surface area contributed by atoms with Crippen molar-refractivity contribution < 1.29 is 19.4 Å². The Labute approximate surface area is 136 Å². The van der Waals surface area contributed by atoms with Crippen LogP contribution >= 0.6 is 0 Å². The van der Waals surface area contributed by atoms with Crippen LogP contribution < -0.4 is 9.47 Å². The molecule has 1 N–H and O–H groups in total. The van der Waals surface area contributed by atoms with Crippen LogP contribution in [-0.2, 0) is 4.79 Å². The van der Waals surface area contributed by atoms with E-state index in [0.717, 1.165) is 11.1 Å². The van der Waals surface area contributed by atoms with Gasteiger partial charge in [0.05, 0.1) is 19.3 Å². The molecular formula is C19H20O4. The molecule has 23 heavy (non-hydrogen) atoms. The first-order chi connectivity index (χ1) is 11.0. The molecule has 0 heterocycles. The summed E-state index contributed by atoms with van der Waals surface area (Å²) in [5.74, 6) is 0.239. The summed E-state index contributed by atoms with van der Waals surface area (Å²) in [6.45, 7) is 4.38. The minimum absolute atomic E-state index is 0.180. The van der Waals surface area contributed by atoms with Crippen LogP contribution in [0, 0.1) is 6.92 Å². The summed E-state index contributed by atoms with van der Waals surface area (Å²) in [5, 5.41) is 9.62. The van der Waals surface area contributed by atoms with Crippen molar-refractivity contribution in [1.82, 2.24) is 0 Å². The van der Waals surface area contributed by atoms with Gasteiger partial charge in [-0.2, -0.15) is 0 Å². The van der Waals surface area contributed by atoms with E-state index in [1.54, 1.807) is 12.1 Å². The van der Waals surface area contributed by atoms with Crippen molar-refractivity contribution in [2.75, 3.05) is 13.7 Å². The molecule has 0 aliphatic carbocycles. The van der Waals surface area contributed by atoms with Gasteiger partial charge in [0.1, 0.15) is 11.5 Å². The Morgan fingerprint density at radius 1 is 1.22 bits per heavy atom. The van der Waals surface area contributed by atoms with E-state index >= 15 is 0 Å². The van der Waals surface area contributed by atoms with Crippen LogP contribution in [0.1, 0.15) is 23.6 Å². The van der Waals surface area contributed by atoms with Gasteiger partial charge in [0.2, 0.25) is 0 Å². The summed E-state index contributed by atoms with van der Waals surface area (Å²) in [7, 11) is 1.53. The van der Waals surface area contributed by atoms with Crippen molar-refractivity contribution in [3.05, 3.63) is 59.2 Å². The monoisotopic (exact) mass is 312 g/mol. The number of aryl methyl sites for hydroxylation is 1. The molecular weight excluding hydrogens is 292 g/mol. The second kappa shape index (κ2) is 7.49. The molecule has 4 nitrogen and oxygen atoms in total. The third-order valence-corrected chi connectivity index (χ3v) is 3.36. The third kappa shape index (κ3) is 4.13. The summed E-state index contributed by atoms with van der Waals surface area (Å²) >= 11 is 0. The zero-order valence-corrected chi connectivity index (χ0v) is 13.5. The molecule has 0 bridgehead atoms. The summed E-state index contributed by atoms with van der Waals surface area (Å²) in [6.07, 6.45) is 1.63. The molecule has 4 heteroatoms. The van der Waals surface area contributed by atoms with Gasteiger partial charge in [0.15, 0.2) is 0 Å². The van der Waals surface area contributed by atoms with E-state index in [4.69, 9.17) is 9.47 Å². The molecule has 0 spiro atoms. The SMILES string of the molecule is CCOc1cccc(/C=C(\C(=O)O)c2cc(C)ccc2OC)c1. The first-order valence-electron chi connectivity index (χ1n) is 7.38. The van der Waals surface area contributed by atoms with Crippen molar-refractivity contribution >= 4 is 17.6 Å². The number of rotatable bonds is 6. The minimum Gasteiger partial charge on any atom is -0.496 e. The van der Waals surface area contributed by atoms with E-state index in [1.165, 1.54) is 7.11 Å². The second-order valence-corrected chi connectivity index (χ2v) is 5.07. The number of ether oxygens (including phenoxy) is 2. The number of carboxylic acids is 1. The van der Waals surface area contributed by atoms with Crippen LogP contribution in [0.2, 0.25) is 0 Å². The van der Waals surface area contributed by atoms with Crippen molar-refractivity contribution in [1.29, 1.82) is 0 Å². The fourth-order valence-electron chi connectivity index (χ4n) is 2.31. The van der Waals surface area contributed by atoms with Crippen LogP contribution in [0.5, 0.6) is 11.5 Å². The van der Waals surface area contributed by atoms with Gasteiger partial charge in [-0.05, 0) is 49.8 Å². The van der Waals surface area contributed by atoms with Gasteiger partial charge in [-0.25, -0.2) is 4.79 Å². The van der Waals surface area contributed by atoms with Crippen LogP contribution in [0.3, 0.4) is 0 Å². The maximum Gasteiger partial charge on any atom is 0.336 e. The quantitative estimate of drug-likeness (QED) is 0.646. The zero-order chi connectivity index (χ0) is 16.8. The number of carboxylic acid groups (broad SMARTS) is 1. The van der Waals surface area contributed by atoms with E-state index in [2.05, 4.69) is 0 Å². The lowest BCUT2D eigenvalue weighted by Gasteiger charge is -2.11. The van der Waals surface area contributed by atoms with Crippen LogP contribution in [0.4, 0.5) is 0 Å². The normalized spacial score (nSPS) is 11.2. The highest BCUT2D eigenvalue weighted by Gasteiger charge is 2.16. The molecule has 0 radical (unpaired) electrons. The Hall–Kier alpha value is -2.75. The Morgan fingerprint density at radius 2 is 2.00 bits per heavy atom. The Kier molecular flexibility index (Phi) is 5.41. The molecule has 0 aliphatic heterocycles. The van der Waals surface area contributed by atoms with E-state index < -0.39 is 5.97 Å². The van der Waals surface area contributed by atoms with Gasteiger partial charge in [-0.3, -0.25) is 0 Å². The van der Waals surface area contributed by atoms with E-state index in [0.29, 0.717) is 23.7 Å². The van der Waals surface area contributed by atoms with Crippen molar-refractivity contribution in [3.63, 3.8) is 0 Å². The predicted molar refractivity (Wildman–Crippen MR) is 90.8 cm³/mol. The van der Waals surface area contributed by atoms with E-state index in [9.17, 15) is 9.90 Å². The number of carbonyl (C=O) groups is 1. The molecule has 2 aromatic carbocycles. The first-order valence-corrected chi connectivity index (χ1v) is 7.38. The van der Waals surface area contributed by atoms with Crippen LogP contribution in [-0.4, -0.2) is 24.8 Å². The number of methoxy groups -OCH3 is 1. The highest BCUT2D eigenvalue weighted by Crippen LogP contribution is 2.29. The maximum atomic E-state index is 11.7. The van der Waals surface area contributed by atoms with Crippen molar-refractivity contribution in [2.24, 2.45) is 0 Å². The molecule has 0 saturated heterocycles. The maximum absolute atomic E-state index is 11.7. The predicted octanol–water partition coefficient (Wildman–Crippen LogP) is 4.03. The third-order valence-electron chi connectivity index (χ3n) is 3.36. The minimum atomic E-state index is -1.00. The van der Waals surface area contributed by atoms with Gasteiger partial charge in [-0.1, -0.05) is 23.8 Å². The van der Waals surface area contributed by atoms with Crippen LogP contribution in [0.15, 0.2) is 42.5 Å². The molecule has 0 fully saturated rings. The fourth-order valence-corrected chi connectivity index (χ4v) is 2.31. The lowest BCUT2D eigenvalue weighted by Crippen LogP contribution is -2.02. The highest BCUT2D eigenvalue weighted by molar-refractivity contribution is 6.21. The summed E-state index contributed by atoms with van der Waals surface area (Å²) in [5.41, 5.74) is 2.47. The molecule has 0 saturated carbocycles. The smallest absolute Gasteiger partial charge is 0.336 e. The lowest BCUT2D eigenvalue weighted by atomic mass is 10.00. The van der Waals surface area contributed by atoms with Gasteiger partial charge in [-0.15, -0.1) is 0 Å². The average Bonchev–Trinajstić information content (AvgIpc) is 2.53. The van der Waals surface area contributed by atoms with Crippen molar-refractivity contribution in [3.8, 4) is 11.5 Å².